The molecule has 0 bridgehead atoms. The molecule has 2 rings (SSSR count). The molecule has 1 N–H and O–H groups in total. The van der Waals surface area contributed by atoms with Crippen molar-refractivity contribution in [1.82, 2.24) is 4.72 Å². The fraction of sp³-hybridized carbons (Fsp3) is 0.267. The van der Waals surface area contributed by atoms with Crippen molar-refractivity contribution in [2.75, 3.05) is 32.1 Å². The lowest BCUT2D eigenvalue weighted by Crippen LogP contribution is -2.26. The molecule has 0 aliphatic heterocycles. The first-order chi connectivity index (χ1) is 9.97. The van der Waals surface area contributed by atoms with Crippen molar-refractivity contribution in [3.8, 4) is 0 Å². The van der Waals surface area contributed by atoms with Gasteiger partial charge in [0.05, 0.1) is 11.4 Å². The third-order valence-corrected chi connectivity index (χ3v) is 4.71. The maximum Gasteiger partial charge on any atom is 0.241 e. The second-order valence-corrected chi connectivity index (χ2v) is 6.60. The van der Waals surface area contributed by atoms with Gasteiger partial charge in [0.25, 0.3) is 0 Å². The molecule has 0 unspecified atom stereocenters. The second kappa shape index (κ2) is 6.24. The average Bonchev–Trinajstić information content (AvgIpc) is 2.46. The maximum atomic E-state index is 12.4. The van der Waals surface area contributed by atoms with E-state index in [1.807, 2.05) is 43.3 Å². The van der Waals surface area contributed by atoms with E-state index in [9.17, 15) is 8.42 Å². The lowest BCUT2D eigenvalue weighted by atomic mass is 10.1. The quantitative estimate of drug-likeness (QED) is 0.655. The van der Waals surface area contributed by atoms with Crippen LogP contribution in [0.4, 0.5) is 5.69 Å². The number of sulfonamides is 1. The van der Waals surface area contributed by atoms with Crippen LogP contribution in [0.25, 0.3) is 10.8 Å². The van der Waals surface area contributed by atoms with Gasteiger partial charge in [-0.2, -0.15) is 0 Å². The van der Waals surface area contributed by atoms with E-state index in [0.29, 0.717) is 11.9 Å². The molecular weight excluding hydrogens is 286 g/mol. The third-order valence-electron chi connectivity index (χ3n) is 3.19. The van der Waals surface area contributed by atoms with E-state index < -0.39 is 10.0 Å². The Balaban J connectivity index is 2.55. The van der Waals surface area contributed by atoms with Crippen molar-refractivity contribution >= 4 is 33.2 Å². The Hall–Kier alpha value is -1.92. The van der Waals surface area contributed by atoms with Crippen LogP contribution in [0.1, 0.15) is 0 Å². The highest BCUT2D eigenvalue weighted by molar-refractivity contribution is 7.89. The SMILES string of the molecule is C=NCCNS(=O)(=O)c1cccc2c(N(C)C)cccc12. The van der Waals surface area contributed by atoms with Crippen molar-refractivity contribution in [2.45, 2.75) is 4.90 Å². The summed E-state index contributed by atoms with van der Waals surface area (Å²) in [6, 6.07) is 11.0. The lowest BCUT2D eigenvalue weighted by molar-refractivity contribution is 0.583. The topological polar surface area (TPSA) is 61.8 Å². The smallest absolute Gasteiger partial charge is 0.241 e. The highest BCUT2D eigenvalue weighted by Gasteiger charge is 2.17. The van der Waals surface area contributed by atoms with Gasteiger partial charge in [0.2, 0.25) is 10.0 Å². The molecule has 112 valence electrons. The Morgan fingerprint density at radius 3 is 2.48 bits per heavy atom. The zero-order valence-electron chi connectivity index (χ0n) is 12.2. The van der Waals surface area contributed by atoms with Crippen molar-refractivity contribution in [2.24, 2.45) is 4.99 Å². The van der Waals surface area contributed by atoms with Gasteiger partial charge in [-0.1, -0.05) is 24.3 Å². The summed E-state index contributed by atoms with van der Waals surface area (Å²) in [5.74, 6) is 0. The molecule has 0 aliphatic rings. The van der Waals surface area contributed by atoms with E-state index in [2.05, 4.69) is 16.4 Å². The summed E-state index contributed by atoms with van der Waals surface area (Å²) in [6.45, 7) is 3.94. The first kappa shape index (κ1) is 15.5. The van der Waals surface area contributed by atoms with Gasteiger partial charge < -0.3 is 4.90 Å². The van der Waals surface area contributed by atoms with E-state index in [0.717, 1.165) is 11.1 Å². The molecule has 2 aromatic rings. The summed E-state index contributed by atoms with van der Waals surface area (Å²) in [6.07, 6.45) is 0. The number of anilines is 1. The summed E-state index contributed by atoms with van der Waals surface area (Å²) in [4.78, 5) is 5.90. The van der Waals surface area contributed by atoms with Gasteiger partial charge in [-0.05, 0) is 18.9 Å². The molecule has 0 atom stereocenters. The number of nitrogens with one attached hydrogen (secondary N) is 1. The minimum atomic E-state index is -3.56. The van der Waals surface area contributed by atoms with E-state index in [1.54, 1.807) is 12.1 Å². The number of aliphatic imine (C=N–C) groups is 1. The Kier molecular flexibility index (Phi) is 4.59. The summed E-state index contributed by atoms with van der Waals surface area (Å²) < 4.78 is 27.4. The van der Waals surface area contributed by atoms with Crippen LogP contribution in [0.3, 0.4) is 0 Å². The van der Waals surface area contributed by atoms with Crippen molar-refractivity contribution in [1.29, 1.82) is 0 Å². The minimum absolute atomic E-state index is 0.246. The minimum Gasteiger partial charge on any atom is -0.377 e. The fourth-order valence-corrected chi connectivity index (χ4v) is 3.47. The Labute approximate surface area is 125 Å². The first-order valence-electron chi connectivity index (χ1n) is 6.58. The van der Waals surface area contributed by atoms with Gasteiger partial charge >= 0.3 is 0 Å². The number of fused-ring (bicyclic) bond motifs is 1. The molecule has 21 heavy (non-hydrogen) atoms. The van der Waals surface area contributed by atoms with Crippen LogP contribution in [0.15, 0.2) is 46.3 Å². The van der Waals surface area contributed by atoms with Gasteiger partial charge in [-0.15, -0.1) is 0 Å². The molecule has 0 saturated heterocycles. The molecular formula is C15H19N3O2S. The van der Waals surface area contributed by atoms with Gasteiger partial charge in [-0.25, -0.2) is 13.1 Å². The number of hydrogen-bond donors (Lipinski definition) is 1. The van der Waals surface area contributed by atoms with Crippen LogP contribution >= 0.6 is 0 Å². The number of benzene rings is 2. The molecule has 0 radical (unpaired) electrons. The predicted molar refractivity (Wildman–Crippen MR) is 87.9 cm³/mol. The average molecular weight is 305 g/mol. The molecule has 0 spiro atoms. The maximum absolute atomic E-state index is 12.4. The normalized spacial score (nSPS) is 11.5. The van der Waals surface area contributed by atoms with Crippen LogP contribution in [-0.4, -0.2) is 42.3 Å². The third kappa shape index (κ3) is 3.22. The molecule has 0 amide bonds. The van der Waals surface area contributed by atoms with E-state index >= 15 is 0 Å². The molecule has 6 heteroatoms. The Bertz CT molecular complexity index is 755. The Morgan fingerprint density at radius 2 is 1.81 bits per heavy atom. The molecule has 2 aromatic carbocycles. The summed E-state index contributed by atoms with van der Waals surface area (Å²) in [5, 5.41) is 1.62. The van der Waals surface area contributed by atoms with E-state index in [-0.39, 0.29) is 11.4 Å². The van der Waals surface area contributed by atoms with Gasteiger partial charge in [-0.3, -0.25) is 4.99 Å². The van der Waals surface area contributed by atoms with E-state index in [1.165, 1.54) is 0 Å². The summed E-state index contributed by atoms with van der Waals surface area (Å²) >= 11 is 0. The number of hydrogen-bond acceptors (Lipinski definition) is 4. The van der Waals surface area contributed by atoms with Crippen molar-refractivity contribution in [3.63, 3.8) is 0 Å². The van der Waals surface area contributed by atoms with Crippen LogP contribution in [-0.2, 0) is 10.0 Å². The lowest BCUT2D eigenvalue weighted by Gasteiger charge is -2.17. The van der Waals surface area contributed by atoms with Gasteiger partial charge in [0.1, 0.15) is 0 Å². The zero-order valence-corrected chi connectivity index (χ0v) is 13.0. The highest BCUT2D eigenvalue weighted by Crippen LogP contribution is 2.29. The Morgan fingerprint density at radius 1 is 1.14 bits per heavy atom. The number of nitrogens with zero attached hydrogens (tertiary/aromatic N) is 2. The van der Waals surface area contributed by atoms with E-state index in [4.69, 9.17) is 0 Å². The summed E-state index contributed by atoms with van der Waals surface area (Å²) in [5.41, 5.74) is 0.984. The number of rotatable bonds is 6. The van der Waals surface area contributed by atoms with Crippen LogP contribution in [0, 0.1) is 0 Å². The van der Waals surface area contributed by atoms with Crippen LogP contribution < -0.4 is 9.62 Å². The predicted octanol–water partition coefficient (Wildman–Crippen LogP) is 1.88. The second-order valence-electron chi connectivity index (χ2n) is 4.87. The largest absolute Gasteiger partial charge is 0.377 e. The monoisotopic (exact) mass is 305 g/mol. The van der Waals surface area contributed by atoms with Gasteiger partial charge in [0, 0.05) is 37.1 Å². The fourth-order valence-electron chi connectivity index (χ4n) is 2.23. The molecule has 0 saturated carbocycles. The van der Waals surface area contributed by atoms with Crippen LogP contribution in [0.2, 0.25) is 0 Å². The summed E-state index contributed by atoms with van der Waals surface area (Å²) in [7, 11) is 0.311. The highest BCUT2D eigenvalue weighted by atomic mass is 32.2. The first-order valence-corrected chi connectivity index (χ1v) is 8.07. The molecule has 0 aliphatic carbocycles. The molecule has 5 nitrogen and oxygen atoms in total. The van der Waals surface area contributed by atoms with Gasteiger partial charge in [0.15, 0.2) is 0 Å². The molecule has 0 heterocycles. The van der Waals surface area contributed by atoms with Crippen molar-refractivity contribution in [3.05, 3.63) is 36.4 Å². The zero-order chi connectivity index (χ0) is 15.5. The standard InChI is InChI=1S/C15H19N3O2S/c1-16-10-11-17-21(19,20)15-9-5-6-12-13(15)7-4-8-14(12)18(2)3/h4-9,17H,1,10-11H2,2-3H3. The molecule has 0 aromatic heterocycles. The molecule has 0 fully saturated rings. The van der Waals surface area contributed by atoms with Crippen LogP contribution in [0.5, 0.6) is 0 Å². The van der Waals surface area contributed by atoms with Crippen molar-refractivity contribution < 1.29 is 8.42 Å².